The molecular weight excluding hydrogens is 416 g/mol. The van der Waals surface area contributed by atoms with Crippen molar-refractivity contribution in [2.75, 3.05) is 5.32 Å². The summed E-state index contributed by atoms with van der Waals surface area (Å²) in [6.45, 7) is 6.21. The summed E-state index contributed by atoms with van der Waals surface area (Å²) in [4.78, 5) is 5.05. The molecule has 3 rings (SSSR count). The predicted octanol–water partition coefficient (Wildman–Crippen LogP) is 5.90. The van der Waals surface area contributed by atoms with Gasteiger partial charge in [-0.1, -0.05) is 43.9 Å². The van der Waals surface area contributed by atoms with Crippen LogP contribution in [0.4, 0.5) is 19.6 Å². The molecule has 3 aromatic rings. The minimum atomic E-state index is -2.42. The molecule has 26 heavy (non-hydrogen) atoms. The van der Waals surface area contributed by atoms with Crippen LogP contribution in [0.25, 0.3) is 0 Å². The van der Waals surface area contributed by atoms with E-state index in [-0.39, 0.29) is 5.41 Å². The summed E-state index contributed by atoms with van der Waals surface area (Å²) in [5.41, 5.74) is 0.681. The van der Waals surface area contributed by atoms with Crippen LogP contribution >= 0.6 is 46.4 Å². The number of alkyl halides is 2. The van der Waals surface area contributed by atoms with Crippen molar-refractivity contribution in [1.29, 1.82) is 0 Å². The van der Waals surface area contributed by atoms with Crippen LogP contribution in [0, 0.1) is 0 Å². The SMILES string of the molecule is CC(C)(C)c1nsc(Sc2nnc(Nc3ccc(SC(F)F)cc3)s2)n1. The van der Waals surface area contributed by atoms with E-state index in [0.29, 0.717) is 21.8 Å². The van der Waals surface area contributed by atoms with Gasteiger partial charge in [-0.05, 0) is 47.6 Å². The van der Waals surface area contributed by atoms with E-state index in [1.807, 2.05) is 0 Å². The van der Waals surface area contributed by atoms with E-state index in [9.17, 15) is 8.78 Å². The van der Waals surface area contributed by atoms with Crippen molar-refractivity contribution >= 4 is 57.2 Å². The van der Waals surface area contributed by atoms with E-state index >= 15 is 0 Å². The summed E-state index contributed by atoms with van der Waals surface area (Å²) >= 11 is 4.69. The van der Waals surface area contributed by atoms with Crippen LogP contribution in [0.2, 0.25) is 0 Å². The first-order chi connectivity index (χ1) is 12.3. The number of aromatic nitrogens is 4. The van der Waals surface area contributed by atoms with Crippen molar-refractivity contribution in [3.63, 3.8) is 0 Å². The second-order valence-electron chi connectivity index (χ2n) is 6.14. The lowest BCUT2D eigenvalue weighted by Crippen LogP contribution is -2.12. The van der Waals surface area contributed by atoms with Crippen molar-refractivity contribution in [3.05, 3.63) is 30.1 Å². The van der Waals surface area contributed by atoms with Gasteiger partial charge in [0.1, 0.15) is 5.82 Å². The van der Waals surface area contributed by atoms with Gasteiger partial charge in [0.15, 0.2) is 8.68 Å². The van der Waals surface area contributed by atoms with Crippen LogP contribution in [0.15, 0.2) is 37.8 Å². The van der Waals surface area contributed by atoms with Gasteiger partial charge in [0.25, 0.3) is 5.76 Å². The molecule has 0 fully saturated rings. The molecule has 138 valence electrons. The van der Waals surface area contributed by atoms with Crippen molar-refractivity contribution in [2.45, 2.75) is 45.5 Å². The summed E-state index contributed by atoms with van der Waals surface area (Å²) in [5.74, 6) is -1.61. The zero-order valence-electron chi connectivity index (χ0n) is 14.1. The fourth-order valence-electron chi connectivity index (χ4n) is 1.78. The maximum Gasteiger partial charge on any atom is 0.288 e. The van der Waals surface area contributed by atoms with Gasteiger partial charge in [-0.25, -0.2) is 4.98 Å². The predicted molar refractivity (Wildman–Crippen MR) is 104 cm³/mol. The van der Waals surface area contributed by atoms with E-state index in [2.05, 4.69) is 45.6 Å². The van der Waals surface area contributed by atoms with Crippen LogP contribution in [0.1, 0.15) is 26.6 Å². The van der Waals surface area contributed by atoms with Gasteiger partial charge >= 0.3 is 0 Å². The Morgan fingerprint density at radius 3 is 2.42 bits per heavy atom. The average Bonchev–Trinajstić information content (AvgIpc) is 3.18. The normalized spacial score (nSPS) is 11.9. The van der Waals surface area contributed by atoms with Crippen LogP contribution in [-0.4, -0.2) is 25.3 Å². The number of halogens is 2. The number of thioether (sulfide) groups is 1. The van der Waals surface area contributed by atoms with E-state index in [1.165, 1.54) is 34.6 Å². The van der Waals surface area contributed by atoms with Crippen molar-refractivity contribution in [2.24, 2.45) is 0 Å². The zero-order valence-corrected chi connectivity index (χ0v) is 17.3. The molecule has 0 unspecified atom stereocenters. The van der Waals surface area contributed by atoms with Gasteiger partial charge in [0.05, 0.1) is 0 Å². The summed E-state index contributed by atoms with van der Waals surface area (Å²) in [6, 6.07) is 6.76. The highest BCUT2D eigenvalue weighted by atomic mass is 32.2. The van der Waals surface area contributed by atoms with E-state index in [0.717, 1.165) is 20.2 Å². The standard InChI is InChI=1S/C15H15F2N5S4/c1-15(2,3)10-19-13(26-22-10)25-14-21-20-12(24-14)18-8-4-6-9(7-5-8)23-11(16)17/h4-7,11H,1-3H3,(H,18,20). The third-order valence-electron chi connectivity index (χ3n) is 2.99. The molecule has 0 amide bonds. The number of anilines is 2. The van der Waals surface area contributed by atoms with Crippen LogP contribution in [0.5, 0.6) is 0 Å². The summed E-state index contributed by atoms with van der Waals surface area (Å²) in [5, 5.41) is 12.0. The van der Waals surface area contributed by atoms with E-state index < -0.39 is 5.76 Å². The Bertz CT molecular complexity index is 858. The van der Waals surface area contributed by atoms with Gasteiger partial charge in [0.2, 0.25) is 5.13 Å². The first-order valence-electron chi connectivity index (χ1n) is 7.47. The van der Waals surface area contributed by atoms with Gasteiger partial charge in [-0.15, -0.1) is 10.2 Å². The second-order valence-corrected chi connectivity index (χ2v) is 10.4. The fourth-order valence-corrected chi connectivity index (χ4v) is 5.04. The molecule has 0 aliphatic heterocycles. The molecule has 1 N–H and O–H groups in total. The highest BCUT2D eigenvalue weighted by molar-refractivity contribution is 8.02. The molecule has 0 radical (unpaired) electrons. The molecule has 2 heterocycles. The molecule has 0 saturated heterocycles. The number of rotatable bonds is 6. The highest BCUT2D eigenvalue weighted by Gasteiger charge is 2.20. The maximum absolute atomic E-state index is 12.3. The smallest absolute Gasteiger partial charge is 0.288 e. The zero-order chi connectivity index (χ0) is 18.7. The summed E-state index contributed by atoms with van der Waals surface area (Å²) in [7, 11) is 0. The molecular formula is C15H15F2N5S4. The Kier molecular flexibility index (Phi) is 6.10. The van der Waals surface area contributed by atoms with Crippen molar-refractivity contribution < 1.29 is 8.78 Å². The lowest BCUT2D eigenvalue weighted by Gasteiger charge is -2.11. The number of benzene rings is 1. The van der Waals surface area contributed by atoms with Crippen LogP contribution in [0.3, 0.4) is 0 Å². The minimum absolute atomic E-state index is 0.0854. The van der Waals surface area contributed by atoms with Gasteiger partial charge in [-0.2, -0.15) is 13.2 Å². The van der Waals surface area contributed by atoms with Crippen molar-refractivity contribution in [3.8, 4) is 0 Å². The van der Waals surface area contributed by atoms with Crippen LogP contribution < -0.4 is 5.32 Å². The Morgan fingerprint density at radius 1 is 1.08 bits per heavy atom. The van der Waals surface area contributed by atoms with Gasteiger partial charge in [0, 0.05) is 16.0 Å². The third kappa shape index (κ3) is 5.35. The average molecular weight is 432 g/mol. The molecule has 0 spiro atoms. The lowest BCUT2D eigenvalue weighted by atomic mass is 9.96. The first-order valence-corrected chi connectivity index (χ1v) is 10.8. The molecule has 0 saturated carbocycles. The van der Waals surface area contributed by atoms with Gasteiger partial charge < -0.3 is 5.32 Å². The number of hydrogen-bond donors (Lipinski definition) is 1. The Hall–Kier alpha value is -1.30. The minimum Gasteiger partial charge on any atom is -0.330 e. The molecule has 2 aromatic heterocycles. The molecule has 0 bridgehead atoms. The molecule has 1 aromatic carbocycles. The quantitative estimate of drug-likeness (QED) is 0.488. The maximum atomic E-state index is 12.3. The largest absolute Gasteiger partial charge is 0.330 e. The Morgan fingerprint density at radius 2 is 1.81 bits per heavy atom. The number of hydrogen-bond acceptors (Lipinski definition) is 9. The van der Waals surface area contributed by atoms with Crippen molar-refractivity contribution in [1.82, 2.24) is 19.6 Å². The number of nitrogens with zero attached hydrogens (tertiary/aromatic N) is 4. The highest BCUT2D eigenvalue weighted by Crippen LogP contribution is 2.35. The van der Waals surface area contributed by atoms with E-state index in [4.69, 9.17) is 0 Å². The lowest BCUT2D eigenvalue weighted by molar-refractivity contribution is 0.252. The van der Waals surface area contributed by atoms with Crippen LogP contribution in [-0.2, 0) is 5.41 Å². The van der Waals surface area contributed by atoms with E-state index in [1.54, 1.807) is 24.3 Å². The Balaban J connectivity index is 1.62. The second kappa shape index (κ2) is 8.15. The topological polar surface area (TPSA) is 63.6 Å². The molecule has 5 nitrogen and oxygen atoms in total. The summed E-state index contributed by atoms with van der Waals surface area (Å²) < 4.78 is 30.6. The summed E-state index contributed by atoms with van der Waals surface area (Å²) in [6.07, 6.45) is 0. The number of nitrogens with one attached hydrogen (secondary N) is 1. The Labute approximate surface area is 166 Å². The fraction of sp³-hybridized carbons (Fsp3) is 0.333. The molecule has 0 atom stereocenters. The third-order valence-corrected chi connectivity index (χ3v) is 6.35. The van der Waals surface area contributed by atoms with Gasteiger partial charge in [-0.3, -0.25) is 0 Å². The monoisotopic (exact) mass is 431 g/mol. The molecule has 0 aliphatic rings. The first kappa shape index (κ1) is 19.5. The molecule has 0 aliphatic carbocycles. The molecule has 11 heteroatoms.